The molecule has 0 aliphatic heterocycles. The molecule has 0 aliphatic carbocycles. The highest BCUT2D eigenvalue weighted by atomic mass is 16.4. The molecule has 1 atom stereocenters. The first-order valence-electron chi connectivity index (χ1n) is 6.28. The van der Waals surface area contributed by atoms with Crippen molar-refractivity contribution in [3.8, 4) is 12.3 Å². The molecule has 2 N–H and O–H groups in total. The number of urea groups is 1. The molecule has 0 fully saturated rings. The van der Waals surface area contributed by atoms with Crippen LogP contribution >= 0.6 is 0 Å². The van der Waals surface area contributed by atoms with E-state index in [0.29, 0.717) is 13.0 Å². The molecule has 0 aliphatic rings. The Morgan fingerprint density at radius 3 is 2.45 bits per heavy atom. The molecule has 0 saturated carbocycles. The third-order valence-corrected chi connectivity index (χ3v) is 2.87. The number of carboxylic acids is 1. The standard InChI is InChI=1S/C15H18N2O3/c1-4-13(5-2)16-15(20)17(3)10-11-6-8-12(9-7-11)14(18)19/h1,6-9,13H,5,10H2,2-3H3,(H,16,20)(H,18,19). The Kier molecular flexibility index (Phi) is 5.60. The third-order valence-electron chi connectivity index (χ3n) is 2.87. The van der Waals surface area contributed by atoms with Gasteiger partial charge in [-0.2, -0.15) is 0 Å². The minimum Gasteiger partial charge on any atom is -0.478 e. The van der Waals surface area contributed by atoms with E-state index in [1.807, 2.05) is 6.92 Å². The number of benzene rings is 1. The fraction of sp³-hybridized carbons (Fsp3) is 0.333. The van der Waals surface area contributed by atoms with Gasteiger partial charge >= 0.3 is 12.0 Å². The van der Waals surface area contributed by atoms with E-state index in [1.165, 1.54) is 17.0 Å². The van der Waals surface area contributed by atoms with Gasteiger partial charge in [0.1, 0.15) is 0 Å². The van der Waals surface area contributed by atoms with Crippen LogP contribution in [0, 0.1) is 12.3 Å². The maximum absolute atomic E-state index is 11.9. The Morgan fingerprint density at radius 2 is 2.00 bits per heavy atom. The summed E-state index contributed by atoms with van der Waals surface area (Å²) in [6.07, 6.45) is 5.96. The molecule has 2 amide bonds. The first-order valence-corrected chi connectivity index (χ1v) is 6.28. The second-order valence-electron chi connectivity index (χ2n) is 4.44. The normalized spacial score (nSPS) is 11.2. The zero-order valence-corrected chi connectivity index (χ0v) is 11.6. The lowest BCUT2D eigenvalue weighted by Gasteiger charge is -2.20. The van der Waals surface area contributed by atoms with Crippen molar-refractivity contribution in [3.05, 3.63) is 35.4 Å². The van der Waals surface area contributed by atoms with E-state index < -0.39 is 5.97 Å². The number of nitrogens with zero attached hydrogens (tertiary/aromatic N) is 1. The van der Waals surface area contributed by atoms with E-state index in [4.69, 9.17) is 11.5 Å². The quantitative estimate of drug-likeness (QED) is 0.806. The number of rotatable bonds is 5. The van der Waals surface area contributed by atoms with Crippen LogP contribution in [-0.2, 0) is 6.54 Å². The highest BCUT2D eigenvalue weighted by Gasteiger charge is 2.12. The fourth-order valence-electron chi connectivity index (χ4n) is 1.62. The number of nitrogens with one attached hydrogen (secondary N) is 1. The van der Waals surface area contributed by atoms with Crippen LogP contribution in [-0.4, -0.2) is 35.1 Å². The Bertz CT molecular complexity index is 517. The monoisotopic (exact) mass is 274 g/mol. The molecular weight excluding hydrogens is 256 g/mol. The summed E-state index contributed by atoms with van der Waals surface area (Å²) >= 11 is 0. The molecule has 0 aromatic heterocycles. The minimum absolute atomic E-state index is 0.222. The van der Waals surface area contributed by atoms with Crippen LogP contribution in [0.2, 0.25) is 0 Å². The van der Waals surface area contributed by atoms with E-state index in [9.17, 15) is 9.59 Å². The molecule has 0 saturated heterocycles. The number of carboxylic acid groups (broad SMARTS) is 1. The van der Waals surface area contributed by atoms with E-state index in [0.717, 1.165) is 5.56 Å². The number of terminal acetylenes is 1. The zero-order valence-electron chi connectivity index (χ0n) is 11.6. The lowest BCUT2D eigenvalue weighted by atomic mass is 10.1. The van der Waals surface area contributed by atoms with Crippen LogP contribution in [0.4, 0.5) is 4.79 Å². The van der Waals surface area contributed by atoms with E-state index in [-0.39, 0.29) is 17.6 Å². The van der Waals surface area contributed by atoms with Crippen LogP contribution < -0.4 is 5.32 Å². The summed E-state index contributed by atoms with van der Waals surface area (Å²) in [6, 6.07) is 5.87. The smallest absolute Gasteiger partial charge is 0.335 e. The maximum atomic E-state index is 11.9. The van der Waals surface area contributed by atoms with Crippen LogP contribution in [0.15, 0.2) is 24.3 Å². The minimum atomic E-state index is -0.970. The van der Waals surface area contributed by atoms with Crippen molar-refractivity contribution >= 4 is 12.0 Å². The van der Waals surface area contributed by atoms with Gasteiger partial charge in [-0.3, -0.25) is 0 Å². The van der Waals surface area contributed by atoms with Crippen LogP contribution in [0.25, 0.3) is 0 Å². The predicted octanol–water partition coefficient (Wildman–Crippen LogP) is 1.94. The summed E-state index contributed by atoms with van der Waals surface area (Å²) in [5.41, 5.74) is 1.07. The van der Waals surface area contributed by atoms with E-state index in [2.05, 4.69) is 11.2 Å². The summed E-state index contributed by atoms with van der Waals surface area (Å²) in [5.74, 6) is 1.53. The van der Waals surface area contributed by atoms with Crippen molar-refractivity contribution in [1.82, 2.24) is 10.2 Å². The molecule has 1 rings (SSSR count). The van der Waals surface area contributed by atoms with Gasteiger partial charge in [-0.1, -0.05) is 25.0 Å². The molecule has 20 heavy (non-hydrogen) atoms. The molecule has 1 unspecified atom stereocenters. The highest BCUT2D eigenvalue weighted by molar-refractivity contribution is 5.87. The Morgan fingerprint density at radius 1 is 1.40 bits per heavy atom. The second-order valence-corrected chi connectivity index (χ2v) is 4.44. The van der Waals surface area contributed by atoms with E-state index in [1.54, 1.807) is 19.2 Å². The summed E-state index contributed by atoms with van der Waals surface area (Å²) in [4.78, 5) is 24.1. The number of carbonyl (C=O) groups is 2. The topological polar surface area (TPSA) is 69.6 Å². The largest absolute Gasteiger partial charge is 0.478 e. The number of aromatic carboxylic acids is 1. The number of amides is 2. The SMILES string of the molecule is C#CC(CC)NC(=O)N(C)Cc1ccc(C(=O)O)cc1. The first kappa shape index (κ1) is 15.6. The van der Waals surface area contributed by atoms with Gasteiger partial charge in [-0.25, -0.2) is 9.59 Å². The fourth-order valence-corrected chi connectivity index (χ4v) is 1.62. The highest BCUT2D eigenvalue weighted by Crippen LogP contribution is 2.07. The van der Waals surface area contributed by atoms with Gasteiger partial charge in [-0.05, 0) is 24.1 Å². The van der Waals surface area contributed by atoms with Gasteiger partial charge in [0.05, 0.1) is 11.6 Å². The Balaban J connectivity index is 2.61. The van der Waals surface area contributed by atoms with Crippen molar-refractivity contribution in [2.75, 3.05) is 7.05 Å². The summed E-state index contributed by atoms with van der Waals surface area (Å²) in [6.45, 7) is 2.28. The van der Waals surface area contributed by atoms with Crippen molar-refractivity contribution in [2.45, 2.75) is 25.9 Å². The zero-order chi connectivity index (χ0) is 15.1. The number of hydrogen-bond donors (Lipinski definition) is 2. The van der Waals surface area contributed by atoms with Crippen molar-refractivity contribution in [1.29, 1.82) is 0 Å². The van der Waals surface area contributed by atoms with Gasteiger partial charge in [0.2, 0.25) is 0 Å². The molecule has 1 aromatic carbocycles. The summed E-state index contributed by atoms with van der Waals surface area (Å²) in [5, 5.41) is 11.5. The van der Waals surface area contributed by atoms with Gasteiger partial charge in [0.15, 0.2) is 0 Å². The molecule has 0 spiro atoms. The van der Waals surface area contributed by atoms with Gasteiger partial charge in [0, 0.05) is 13.6 Å². The van der Waals surface area contributed by atoms with Gasteiger partial charge in [-0.15, -0.1) is 6.42 Å². The van der Waals surface area contributed by atoms with Crippen molar-refractivity contribution in [3.63, 3.8) is 0 Å². The second kappa shape index (κ2) is 7.19. The predicted molar refractivity (Wildman–Crippen MR) is 76.3 cm³/mol. The maximum Gasteiger partial charge on any atom is 0.335 e. The average Bonchev–Trinajstić information content (AvgIpc) is 2.44. The molecular formula is C15H18N2O3. The van der Waals surface area contributed by atoms with Crippen LogP contribution in [0.3, 0.4) is 0 Å². The van der Waals surface area contributed by atoms with Crippen molar-refractivity contribution in [2.24, 2.45) is 0 Å². The number of carbonyl (C=O) groups excluding carboxylic acids is 1. The Hall–Kier alpha value is -2.48. The molecule has 5 heteroatoms. The van der Waals surface area contributed by atoms with E-state index >= 15 is 0 Å². The lowest BCUT2D eigenvalue weighted by molar-refractivity contribution is 0.0697. The molecule has 0 radical (unpaired) electrons. The lowest BCUT2D eigenvalue weighted by Crippen LogP contribution is -2.41. The first-order chi connectivity index (χ1) is 9.47. The van der Waals surface area contributed by atoms with Crippen LogP contribution in [0.1, 0.15) is 29.3 Å². The van der Waals surface area contributed by atoms with Gasteiger partial charge in [0.25, 0.3) is 0 Å². The molecule has 5 nitrogen and oxygen atoms in total. The molecule has 106 valence electrons. The third kappa shape index (κ3) is 4.32. The van der Waals surface area contributed by atoms with Crippen molar-refractivity contribution < 1.29 is 14.7 Å². The van der Waals surface area contributed by atoms with Crippen LogP contribution in [0.5, 0.6) is 0 Å². The Labute approximate surface area is 118 Å². The average molecular weight is 274 g/mol. The summed E-state index contributed by atoms with van der Waals surface area (Å²) in [7, 11) is 1.66. The molecule has 0 bridgehead atoms. The summed E-state index contributed by atoms with van der Waals surface area (Å²) < 4.78 is 0. The number of hydrogen-bond acceptors (Lipinski definition) is 2. The molecule has 0 heterocycles. The molecule has 1 aromatic rings. The van der Waals surface area contributed by atoms with Gasteiger partial charge < -0.3 is 15.3 Å².